The highest BCUT2D eigenvalue weighted by Crippen LogP contribution is 2.38. The molecule has 1 atom stereocenters. The molecule has 1 heterocycles. The molecule has 4 rings (SSSR count). The van der Waals surface area contributed by atoms with Gasteiger partial charge in [0, 0.05) is 29.5 Å². The second-order valence-electron chi connectivity index (χ2n) is 10.6. The van der Waals surface area contributed by atoms with Gasteiger partial charge in [0.15, 0.2) is 9.84 Å². The number of fused-ring (bicyclic) bond motifs is 1. The number of hydrogen-bond acceptors (Lipinski definition) is 6. The lowest BCUT2D eigenvalue weighted by atomic mass is 9.88. The minimum atomic E-state index is -4.14. The summed E-state index contributed by atoms with van der Waals surface area (Å²) in [4.78, 5) is 40.0. The van der Waals surface area contributed by atoms with E-state index in [1.807, 2.05) is 0 Å². The van der Waals surface area contributed by atoms with Crippen molar-refractivity contribution in [1.82, 2.24) is 10.6 Å². The van der Waals surface area contributed by atoms with E-state index in [-0.39, 0.29) is 22.7 Å². The number of carbonyl (C=O) groups excluding carboxylic acids is 3. The van der Waals surface area contributed by atoms with Gasteiger partial charge in [-0.3, -0.25) is 9.59 Å². The zero-order chi connectivity index (χ0) is 28.8. The maximum absolute atomic E-state index is 13.7. The van der Waals surface area contributed by atoms with E-state index in [1.54, 1.807) is 45.0 Å². The molecule has 13 heteroatoms. The van der Waals surface area contributed by atoms with Crippen LogP contribution >= 0.6 is 11.6 Å². The van der Waals surface area contributed by atoms with Crippen molar-refractivity contribution < 1.29 is 36.3 Å². The van der Waals surface area contributed by atoms with Crippen LogP contribution < -0.4 is 15.5 Å². The molecule has 9 nitrogen and oxygen atoms in total. The third-order valence-electron chi connectivity index (χ3n) is 6.17. The zero-order valence-corrected chi connectivity index (χ0v) is 23.0. The first kappa shape index (κ1) is 28.8. The molecule has 1 fully saturated rings. The van der Waals surface area contributed by atoms with Crippen molar-refractivity contribution >= 4 is 45.0 Å². The van der Waals surface area contributed by atoms with Crippen LogP contribution in [0.25, 0.3) is 0 Å². The average molecular weight is 584 g/mol. The summed E-state index contributed by atoms with van der Waals surface area (Å²) >= 11 is 5.98. The number of alkyl halides is 2. The first-order valence-electron chi connectivity index (χ1n) is 12.1. The van der Waals surface area contributed by atoms with Gasteiger partial charge in [-0.25, -0.2) is 22.0 Å². The molecule has 1 saturated carbocycles. The molecule has 2 aliphatic rings. The number of rotatable bonds is 5. The van der Waals surface area contributed by atoms with E-state index in [2.05, 4.69) is 10.6 Å². The Morgan fingerprint density at radius 2 is 1.74 bits per heavy atom. The number of ether oxygens (including phenoxy) is 1. The summed E-state index contributed by atoms with van der Waals surface area (Å²) in [6.07, 6.45) is -1.94. The topological polar surface area (TPSA) is 122 Å². The maximum Gasteiger partial charge on any atom is 0.408 e. The number of nitrogens with one attached hydrogen (secondary N) is 2. The summed E-state index contributed by atoms with van der Waals surface area (Å²) in [6, 6.07) is 8.00. The van der Waals surface area contributed by atoms with Crippen LogP contribution in [0.3, 0.4) is 0 Å². The second-order valence-corrected chi connectivity index (χ2v) is 13.1. The molecule has 2 aromatic carbocycles. The van der Waals surface area contributed by atoms with Gasteiger partial charge in [0.2, 0.25) is 0 Å². The normalized spacial score (nSPS) is 20.3. The van der Waals surface area contributed by atoms with Crippen molar-refractivity contribution in [2.75, 3.05) is 10.7 Å². The number of nitrogens with zero attached hydrogens (tertiary/aromatic N) is 1. The Kier molecular flexibility index (Phi) is 7.65. The fourth-order valence-electron chi connectivity index (χ4n) is 4.34. The van der Waals surface area contributed by atoms with Gasteiger partial charge in [0.25, 0.3) is 17.7 Å². The van der Waals surface area contributed by atoms with Crippen LogP contribution in [-0.2, 0) is 25.9 Å². The zero-order valence-electron chi connectivity index (χ0n) is 21.5. The van der Waals surface area contributed by atoms with E-state index in [1.165, 1.54) is 23.1 Å². The predicted octanol–water partition coefficient (Wildman–Crippen LogP) is 4.08. The van der Waals surface area contributed by atoms with Gasteiger partial charge in [0.05, 0.1) is 22.9 Å². The Balaban J connectivity index is 1.71. The number of hydrogen-bond donors (Lipinski definition) is 2. The Morgan fingerprint density at radius 3 is 2.33 bits per heavy atom. The summed E-state index contributed by atoms with van der Waals surface area (Å²) < 4.78 is 58.4. The van der Waals surface area contributed by atoms with E-state index in [4.69, 9.17) is 16.3 Å². The van der Waals surface area contributed by atoms with Crippen molar-refractivity contribution in [3.63, 3.8) is 0 Å². The lowest BCUT2D eigenvalue weighted by Gasteiger charge is -2.35. The van der Waals surface area contributed by atoms with Gasteiger partial charge >= 0.3 is 6.09 Å². The Morgan fingerprint density at radius 1 is 1.10 bits per heavy atom. The molecule has 0 unspecified atom stereocenters. The van der Waals surface area contributed by atoms with Crippen LogP contribution in [0, 0.1) is 0 Å². The third-order valence-corrected chi connectivity index (χ3v) is 8.21. The van der Waals surface area contributed by atoms with Gasteiger partial charge < -0.3 is 20.3 Å². The van der Waals surface area contributed by atoms with Crippen LogP contribution in [0.15, 0.2) is 47.4 Å². The van der Waals surface area contributed by atoms with Crippen LogP contribution in [0.2, 0.25) is 5.02 Å². The predicted molar refractivity (Wildman–Crippen MR) is 140 cm³/mol. The largest absolute Gasteiger partial charge is 0.444 e. The molecule has 0 spiro atoms. The Hall–Kier alpha value is -3.25. The number of anilines is 1. The molecule has 39 heavy (non-hydrogen) atoms. The Bertz CT molecular complexity index is 1400. The van der Waals surface area contributed by atoms with E-state index in [0.29, 0.717) is 10.6 Å². The number of alkyl carbamates (subject to hydrolysis) is 1. The molecule has 0 aromatic heterocycles. The fraction of sp³-hybridized carbons (Fsp3) is 0.423. The minimum Gasteiger partial charge on any atom is -0.444 e. The van der Waals surface area contributed by atoms with Crippen LogP contribution in [0.4, 0.5) is 19.3 Å². The lowest BCUT2D eigenvalue weighted by Crippen LogP contribution is -2.51. The number of halogens is 3. The third kappa shape index (κ3) is 6.85. The van der Waals surface area contributed by atoms with E-state index < -0.39 is 69.9 Å². The quantitative estimate of drug-likeness (QED) is 0.547. The molecule has 0 saturated heterocycles. The monoisotopic (exact) mass is 583 g/mol. The van der Waals surface area contributed by atoms with Crippen molar-refractivity contribution in [1.29, 1.82) is 0 Å². The van der Waals surface area contributed by atoms with Crippen LogP contribution in [0.5, 0.6) is 0 Å². The number of amides is 3. The smallest absolute Gasteiger partial charge is 0.408 e. The highest BCUT2D eigenvalue weighted by atomic mass is 35.5. The van der Waals surface area contributed by atoms with Crippen molar-refractivity contribution in [3.8, 4) is 0 Å². The molecule has 1 aliphatic carbocycles. The first-order valence-corrected chi connectivity index (χ1v) is 14.2. The molecule has 2 N–H and O–H groups in total. The van der Waals surface area contributed by atoms with Gasteiger partial charge in [-0.05, 0) is 56.7 Å². The number of carbonyl (C=O) groups is 3. The summed E-state index contributed by atoms with van der Waals surface area (Å²) in [7, 11) is -4.14. The average Bonchev–Trinajstić information content (AvgIpc) is 2.86. The summed E-state index contributed by atoms with van der Waals surface area (Å²) in [5, 5.41) is 5.33. The molecular weight excluding hydrogens is 556 g/mol. The van der Waals surface area contributed by atoms with Crippen molar-refractivity contribution in [2.24, 2.45) is 0 Å². The molecular formula is C26H28ClF2N3O6S. The lowest BCUT2D eigenvalue weighted by molar-refractivity contribution is -0.120. The highest BCUT2D eigenvalue weighted by Gasteiger charge is 2.46. The molecule has 210 valence electrons. The van der Waals surface area contributed by atoms with Crippen molar-refractivity contribution in [3.05, 3.63) is 58.6 Å². The fourth-order valence-corrected chi connectivity index (χ4v) is 6.07. The first-order chi connectivity index (χ1) is 18.0. The highest BCUT2D eigenvalue weighted by molar-refractivity contribution is 7.91. The van der Waals surface area contributed by atoms with Gasteiger partial charge in [0.1, 0.15) is 11.6 Å². The van der Waals surface area contributed by atoms with Gasteiger partial charge in [-0.2, -0.15) is 0 Å². The minimum absolute atomic E-state index is 0.00776. The maximum atomic E-state index is 13.7. The van der Waals surface area contributed by atoms with E-state index >= 15 is 0 Å². The summed E-state index contributed by atoms with van der Waals surface area (Å²) in [5.41, 5.74) is -0.378. The number of sulfone groups is 1. The molecule has 3 amide bonds. The van der Waals surface area contributed by atoms with E-state index in [0.717, 1.165) is 0 Å². The van der Waals surface area contributed by atoms with Gasteiger partial charge in [-0.1, -0.05) is 23.7 Å². The molecule has 2 aromatic rings. The number of benzene rings is 2. The van der Waals surface area contributed by atoms with Crippen LogP contribution in [-0.4, -0.2) is 55.7 Å². The van der Waals surface area contributed by atoms with Crippen molar-refractivity contribution in [2.45, 2.75) is 68.7 Å². The molecule has 0 bridgehead atoms. The molecule has 0 radical (unpaired) electrons. The molecule has 1 aliphatic heterocycles. The second kappa shape index (κ2) is 10.4. The SMILES string of the molecule is CC(C)(C)OC(=O)N[C@H]1CS(=O)(=O)c2ccc(C(=O)NC3CC(F)(F)C3)cc2N(Cc2ccc(Cl)cc2)C1=O. The van der Waals surface area contributed by atoms with E-state index in [9.17, 15) is 31.6 Å². The standard InChI is InChI=1S/C26H28ClF2N3O6S/c1-25(2,3)38-24(35)31-19-14-39(36,37)21-9-6-16(22(33)30-18-11-26(28,29)12-18)10-20(21)32(23(19)34)13-15-4-7-17(27)8-5-15/h4-10,18-19H,11-14H2,1-3H3,(H,30,33)(H,31,35)/t19-/m0/s1. The summed E-state index contributed by atoms with van der Waals surface area (Å²) in [6.45, 7) is 4.76. The van der Waals surface area contributed by atoms with Gasteiger partial charge in [-0.15, -0.1) is 0 Å². The van der Waals surface area contributed by atoms with Crippen LogP contribution in [0.1, 0.15) is 49.5 Å². The Labute approximate surface area is 229 Å². The summed E-state index contributed by atoms with van der Waals surface area (Å²) in [5.74, 6) is -4.99.